The maximum Gasteiger partial charge on any atom is 0.433 e. The third kappa shape index (κ3) is 3.66. The zero-order valence-corrected chi connectivity index (χ0v) is 12.4. The van der Waals surface area contributed by atoms with Crippen molar-refractivity contribution in [3.05, 3.63) is 36.0 Å². The maximum atomic E-state index is 12.7. The van der Waals surface area contributed by atoms with Gasteiger partial charge in [-0.25, -0.2) is 19.9 Å². The van der Waals surface area contributed by atoms with E-state index in [9.17, 15) is 13.2 Å². The Hall–Kier alpha value is -2.45. The molecule has 1 aliphatic rings. The van der Waals surface area contributed by atoms with E-state index in [-0.39, 0.29) is 11.9 Å². The minimum Gasteiger partial charge on any atom is -0.365 e. The second-order valence-electron chi connectivity index (χ2n) is 5.42. The summed E-state index contributed by atoms with van der Waals surface area (Å²) in [7, 11) is 0. The highest BCUT2D eigenvalue weighted by molar-refractivity contribution is 5.40. The van der Waals surface area contributed by atoms with Gasteiger partial charge in [-0.1, -0.05) is 0 Å². The summed E-state index contributed by atoms with van der Waals surface area (Å²) in [6.45, 7) is 3.25. The molecule has 0 amide bonds. The molecular formula is C14H15F3N6. The summed E-state index contributed by atoms with van der Waals surface area (Å²) in [6.07, 6.45) is 0.687. The highest BCUT2D eigenvalue weighted by Crippen LogP contribution is 2.28. The molecule has 0 spiro atoms. The molecule has 1 fully saturated rings. The van der Waals surface area contributed by atoms with Gasteiger partial charge in [-0.15, -0.1) is 0 Å². The third-order valence-corrected chi connectivity index (χ3v) is 3.55. The molecule has 0 radical (unpaired) electrons. The van der Waals surface area contributed by atoms with Crippen LogP contribution in [-0.2, 0) is 6.18 Å². The van der Waals surface area contributed by atoms with Gasteiger partial charge >= 0.3 is 6.18 Å². The molecule has 1 unspecified atom stereocenters. The minimum atomic E-state index is -4.48. The molecule has 0 saturated carbocycles. The molecular weight excluding hydrogens is 309 g/mol. The van der Waals surface area contributed by atoms with Crippen LogP contribution in [0.15, 0.2) is 24.8 Å². The summed E-state index contributed by atoms with van der Waals surface area (Å²) in [4.78, 5) is 17.6. The average Bonchev–Trinajstić information content (AvgIpc) is 2.96. The van der Waals surface area contributed by atoms with Crippen molar-refractivity contribution >= 4 is 11.8 Å². The number of anilines is 2. The van der Waals surface area contributed by atoms with Crippen molar-refractivity contribution in [2.45, 2.75) is 25.6 Å². The number of alkyl halides is 3. The van der Waals surface area contributed by atoms with Crippen LogP contribution in [0.1, 0.15) is 17.7 Å². The van der Waals surface area contributed by atoms with E-state index in [0.29, 0.717) is 12.5 Å². The number of nitrogens with one attached hydrogen (secondary N) is 1. The molecule has 9 heteroatoms. The normalized spacial score (nSPS) is 18.3. The summed E-state index contributed by atoms with van der Waals surface area (Å²) in [5.41, 5.74) is 0.0232. The van der Waals surface area contributed by atoms with Gasteiger partial charge in [0.15, 0.2) is 0 Å². The van der Waals surface area contributed by atoms with Crippen LogP contribution in [0.3, 0.4) is 0 Å². The standard InChI is InChI=1S/C14H15F3N6/c1-9-5-18-13(19-6-9)23-3-2-10(7-23)22-12-4-11(14(15,16)17)20-8-21-12/h4-6,8,10H,2-3,7H2,1H3,(H,20,21,22). The molecule has 1 aliphatic heterocycles. The summed E-state index contributed by atoms with van der Waals surface area (Å²) < 4.78 is 38.0. The van der Waals surface area contributed by atoms with Gasteiger partial charge in [-0.2, -0.15) is 13.2 Å². The van der Waals surface area contributed by atoms with Crippen molar-refractivity contribution in [2.24, 2.45) is 0 Å². The van der Waals surface area contributed by atoms with Gasteiger partial charge in [0.1, 0.15) is 17.8 Å². The largest absolute Gasteiger partial charge is 0.433 e. The van der Waals surface area contributed by atoms with E-state index in [1.807, 2.05) is 11.8 Å². The second kappa shape index (κ2) is 5.98. The van der Waals surface area contributed by atoms with Crippen molar-refractivity contribution in [3.8, 4) is 0 Å². The van der Waals surface area contributed by atoms with Gasteiger partial charge < -0.3 is 10.2 Å². The van der Waals surface area contributed by atoms with Gasteiger partial charge in [0.25, 0.3) is 0 Å². The molecule has 1 saturated heterocycles. The summed E-state index contributed by atoms with van der Waals surface area (Å²) in [5, 5.41) is 3.02. The molecule has 0 bridgehead atoms. The Balaban J connectivity index is 1.65. The molecule has 3 heterocycles. The van der Waals surface area contributed by atoms with E-state index >= 15 is 0 Å². The Kier molecular flexibility index (Phi) is 4.01. The summed E-state index contributed by atoms with van der Waals surface area (Å²) in [5.74, 6) is 0.794. The molecule has 2 aromatic heterocycles. The first-order valence-electron chi connectivity index (χ1n) is 7.11. The molecule has 6 nitrogen and oxygen atoms in total. The maximum absolute atomic E-state index is 12.7. The second-order valence-corrected chi connectivity index (χ2v) is 5.42. The Labute approximate surface area is 130 Å². The van der Waals surface area contributed by atoms with E-state index in [0.717, 1.165) is 30.9 Å². The lowest BCUT2D eigenvalue weighted by Gasteiger charge is -2.17. The molecule has 122 valence electrons. The molecule has 0 aliphatic carbocycles. The van der Waals surface area contributed by atoms with Crippen molar-refractivity contribution in [1.82, 2.24) is 19.9 Å². The van der Waals surface area contributed by atoms with Crippen LogP contribution >= 0.6 is 0 Å². The Bertz CT molecular complexity index is 673. The van der Waals surface area contributed by atoms with E-state index in [4.69, 9.17) is 0 Å². The van der Waals surface area contributed by atoms with Crippen LogP contribution in [0.4, 0.5) is 24.9 Å². The zero-order valence-electron chi connectivity index (χ0n) is 12.4. The lowest BCUT2D eigenvalue weighted by molar-refractivity contribution is -0.141. The topological polar surface area (TPSA) is 66.8 Å². The van der Waals surface area contributed by atoms with Crippen molar-refractivity contribution in [3.63, 3.8) is 0 Å². The Morgan fingerprint density at radius 1 is 1.17 bits per heavy atom. The van der Waals surface area contributed by atoms with Gasteiger partial charge in [-0.3, -0.25) is 0 Å². The van der Waals surface area contributed by atoms with Crippen LogP contribution < -0.4 is 10.2 Å². The molecule has 3 rings (SSSR count). The molecule has 2 aromatic rings. The first-order valence-corrected chi connectivity index (χ1v) is 7.11. The predicted octanol–water partition coefficient (Wildman–Crippen LogP) is 2.28. The first-order chi connectivity index (χ1) is 10.9. The number of hydrogen-bond donors (Lipinski definition) is 1. The molecule has 0 aromatic carbocycles. The Morgan fingerprint density at radius 2 is 1.91 bits per heavy atom. The molecule has 1 atom stereocenters. The van der Waals surface area contributed by atoms with Crippen molar-refractivity contribution in [1.29, 1.82) is 0 Å². The van der Waals surface area contributed by atoms with Crippen molar-refractivity contribution < 1.29 is 13.2 Å². The predicted molar refractivity (Wildman–Crippen MR) is 78.0 cm³/mol. The van der Waals surface area contributed by atoms with Gasteiger partial charge in [0.2, 0.25) is 5.95 Å². The minimum absolute atomic E-state index is 0.0177. The van der Waals surface area contributed by atoms with Gasteiger partial charge in [0, 0.05) is 37.6 Å². The fourth-order valence-corrected chi connectivity index (χ4v) is 2.41. The van der Waals surface area contributed by atoms with Crippen LogP contribution in [0, 0.1) is 6.92 Å². The number of aryl methyl sites for hydroxylation is 1. The summed E-state index contributed by atoms with van der Waals surface area (Å²) >= 11 is 0. The van der Waals surface area contributed by atoms with Crippen molar-refractivity contribution in [2.75, 3.05) is 23.3 Å². The molecule has 1 N–H and O–H groups in total. The summed E-state index contributed by atoms with van der Waals surface area (Å²) in [6, 6.07) is 0.904. The number of rotatable bonds is 3. The zero-order chi connectivity index (χ0) is 16.4. The monoisotopic (exact) mass is 324 g/mol. The Morgan fingerprint density at radius 3 is 2.61 bits per heavy atom. The van der Waals surface area contributed by atoms with E-state index < -0.39 is 11.9 Å². The number of nitrogens with zero attached hydrogens (tertiary/aromatic N) is 5. The third-order valence-electron chi connectivity index (χ3n) is 3.55. The molecule has 23 heavy (non-hydrogen) atoms. The van der Waals surface area contributed by atoms with Crippen LogP contribution in [-0.4, -0.2) is 39.1 Å². The highest BCUT2D eigenvalue weighted by Gasteiger charge is 2.33. The number of aromatic nitrogens is 4. The smallest absolute Gasteiger partial charge is 0.365 e. The van der Waals surface area contributed by atoms with Crippen LogP contribution in [0.5, 0.6) is 0 Å². The van der Waals surface area contributed by atoms with Gasteiger partial charge in [0.05, 0.1) is 0 Å². The first kappa shape index (κ1) is 15.4. The van der Waals surface area contributed by atoms with Gasteiger partial charge in [-0.05, 0) is 18.9 Å². The lowest BCUT2D eigenvalue weighted by Crippen LogP contribution is -2.27. The lowest BCUT2D eigenvalue weighted by atomic mass is 10.2. The van der Waals surface area contributed by atoms with E-state index in [1.54, 1.807) is 12.4 Å². The SMILES string of the molecule is Cc1cnc(N2CCC(Nc3cc(C(F)(F)F)ncn3)C2)nc1. The average molecular weight is 324 g/mol. The van der Waals surface area contributed by atoms with Crippen LogP contribution in [0.2, 0.25) is 0 Å². The van der Waals surface area contributed by atoms with E-state index in [2.05, 4.69) is 25.3 Å². The fourth-order valence-electron chi connectivity index (χ4n) is 2.41. The number of hydrogen-bond acceptors (Lipinski definition) is 6. The van der Waals surface area contributed by atoms with E-state index in [1.165, 1.54) is 0 Å². The fraction of sp³-hybridized carbons (Fsp3) is 0.429. The number of halogens is 3. The quantitative estimate of drug-likeness (QED) is 0.934. The highest BCUT2D eigenvalue weighted by atomic mass is 19.4. The van der Waals surface area contributed by atoms with Crippen LogP contribution in [0.25, 0.3) is 0 Å².